The third kappa shape index (κ3) is 5.99. The molecule has 1 atom stereocenters. The summed E-state index contributed by atoms with van der Waals surface area (Å²) in [7, 11) is 0. The average Bonchev–Trinajstić information content (AvgIpc) is 2.58. The lowest BCUT2D eigenvalue weighted by atomic mass is 9.92. The normalized spacial score (nSPS) is 16.9. The highest BCUT2D eigenvalue weighted by Crippen LogP contribution is 2.29. The Balaban J connectivity index is 2.35. The van der Waals surface area contributed by atoms with Crippen molar-refractivity contribution in [2.24, 2.45) is 5.41 Å². The summed E-state index contributed by atoms with van der Waals surface area (Å²) in [5.41, 5.74) is 0.802. The van der Waals surface area contributed by atoms with Crippen LogP contribution in [0.15, 0.2) is 35.5 Å². The smallest absolute Gasteiger partial charge is 0.338 e. The van der Waals surface area contributed by atoms with Gasteiger partial charge in [0.2, 0.25) is 0 Å². The number of nitrogens with one attached hydrogen (secondary N) is 2. The predicted molar refractivity (Wildman–Crippen MR) is 105 cm³/mol. The van der Waals surface area contributed by atoms with Crippen LogP contribution < -0.4 is 10.6 Å². The van der Waals surface area contributed by atoms with E-state index in [0.717, 1.165) is 0 Å². The number of halogens is 1. The summed E-state index contributed by atoms with van der Waals surface area (Å²) in [6, 6.07) is 5.49. The summed E-state index contributed by atoms with van der Waals surface area (Å²) in [6.45, 7) is 7.37. The van der Waals surface area contributed by atoms with Crippen LogP contribution in [0, 0.1) is 5.41 Å². The number of urea groups is 1. The van der Waals surface area contributed by atoms with Gasteiger partial charge in [0.25, 0.3) is 0 Å². The van der Waals surface area contributed by atoms with Crippen LogP contribution >= 0.6 is 11.6 Å². The molecule has 28 heavy (non-hydrogen) atoms. The molecule has 0 radical (unpaired) electrons. The SMILES string of the molecule is CCOC(=O)C1=C(COC(=O)CC(C)(C)C)NC(=O)NC1c1ccc(Cl)cc1. The third-order valence-corrected chi connectivity index (χ3v) is 4.16. The van der Waals surface area contributed by atoms with Crippen molar-refractivity contribution in [2.75, 3.05) is 13.2 Å². The molecule has 0 bridgehead atoms. The molecule has 152 valence electrons. The van der Waals surface area contributed by atoms with E-state index >= 15 is 0 Å². The van der Waals surface area contributed by atoms with Crippen LogP contribution in [0.5, 0.6) is 0 Å². The molecule has 2 amide bonds. The van der Waals surface area contributed by atoms with E-state index in [1.54, 1.807) is 31.2 Å². The molecule has 1 aromatic rings. The van der Waals surface area contributed by atoms with Gasteiger partial charge in [-0.1, -0.05) is 44.5 Å². The molecular weight excluding hydrogens is 384 g/mol. The molecule has 0 fully saturated rings. The number of esters is 2. The highest BCUT2D eigenvalue weighted by molar-refractivity contribution is 6.30. The van der Waals surface area contributed by atoms with Crippen LogP contribution in [0.2, 0.25) is 5.02 Å². The van der Waals surface area contributed by atoms with Gasteiger partial charge in [0, 0.05) is 5.02 Å². The molecule has 0 saturated carbocycles. The van der Waals surface area contributed by atoms with E-state index in [0.29, 0.717) is 10.6 Å². The Morgan fingerprint density at radius 3 is 2.36 bits per heavy atom. The van der Waals surface area contributed by atoms with Gasteiger partial charge < -0.3 is 20.1 Å². The molecular formula is C20H25ClN2O5. The largest absolute Gasteiger partial charge is 0.463 e. The number of rotatable bonds is 6. The maximum atomic E-state index is 12.6. The summed E-state index contributed by atoms with van der Waals surface area (Å²) in [4.78, 5) is 36.8. The van der Waals surface area contributed by atoms with Gasteiger partial charge in [-0.25, -0.2) is 9.59 Å². The number of ether oxygens (including phenoxy) is 2. The van der Waals surface area contributed by atoms with Gasteiger partial charge in [-0.3, -0.25) is 4.79 Å². The lowest BCUT2D eigenvalue weighted by Gasteiger charge is -2.29. The monoisotopic (exact) mass is 408 g/mol. The molecule has 1 aromatic carbocycles. The Bertz CT molecular complexity index is 781. The zero-order chi connectivity index (χ0) is 20.9. The minimum atomic E-state index is -0.749. The van der Waals surface area contributed by atoms with Crippen LogP contribution in [0.1, 0.15) is 45.7 Å². The summed E-state index contributed by atoms with van der Waals surface area (Å²) in [6.07, 6.45) is 0.210. The van der Waals surface area contributed by atoms with Gasteiger partial charge >= 0.3 is 18.0 Å². The van der Waals surface area contributed by atoms with Crippen molar-refractivity contribution in [2.45, 2.75) is 40.2 Å². The molecule has 2 N–H and O–H groups in total. The first-order valence-corrected chi connectivity index (χ1v) is 9.37. The Morgan fingerprint density at radius 1 is 1.14 bits per heavy atom. The molecule has 7 nitrogen and oxygen atoms in total. The van der Waals surface area contributed by atoms with Gasteiger partial charge in [-0.05, 0) is 30.0 Å². The molecule has 8 heteroatoms. The van der Waals surface area contributed by atoms with Crippen LogP contribution in [0.4, 0.5) is 4.79 Å². The van der Waals surface area contributed by atoms with E-state index < -0.39 is 24.0 Å². The van der Waals surface area contributed by atoms with Crippen molar-refractivity contribution in [3.05, 3.63) is 46.1 Å². The first kappa shape index (κ1) is 21.8. The summed E-state index contributed by atoms with van der Waals surface area (Å²) in [5, 5.41) is 5.80. The fourth-order valence-electron chi connectivity index (χ4n) is 2.72. The van der Waals surface area contributed by atoms with E-state index in [1.807, 2.05) is 20.8 Å². The van der Waals surface area contributed by atoms with Crippen molar-refractivity contribution in [1.82, 2.24) is 10.6 Å². The molecule has 1 aliphatic rings. The number of carbonyl (C=O) groups is 3. The van der Waals surface area contributed by atoms with Gasteiger partial charge in [-0.15, -0.1) is 0 Å². The Labute approximate surface area is 169 Å². The fraction of sp³-hybridized carbons (Fsp3) is 0.450. The van der Waals surface area contributed by atoms with Crippen LogP contribution in [-0.2, 0) is 19.1 Å². The number of hydrogen-bond acceptors (Lipinski definition) is 5. The Kier molecular flexibility index (Phi) is 7.07. The first-order chi connectivity index (χ1) is 13.1. The number of benzene rings is 1. The maximum Gasteiger partial charge on any atom is 0.338 e. The summed E-state index contributed by atoms with van der Waals surface area (Å²) >= 11 is 5.93. The molecule has 1 aliphatic heterocycles. The predicted octanol–water partition coefficient (Wildman–Crippen LogP) is 3.49. The summed E-state index contributed by atoms with van der Waals surface area (Å²) in [5.74, 6) is -1.02. The number of hydrogen-bond donors (Lipinski definition) is 2. The molecule has 0 saturated heterocycles. The van der Waals surface area contributed by atoms with E-state index in [1.165, 1.54) is 0 Å². The second kappa shape index (κ2) is 9.10. The van der Waals surface area contributed by atoms with E-state index in [-0.39, 0.29) is 36.3 Å². The molecule has 2 rings (SSSR count). The summed E-state index contributed by atoms with van der Waals surface area (Å²) < 4.78 is 10.5. The Hall–Kier alpha value is -2.54. The van der Waals surface area contributed by atoms with Crippen LogP contribution in [0.3, 0.4) is 0 Å². The van der Waals surface area contributed by atoms with Crippen molar-refractivity contribution < 1.29 is 23.9 Å². The lowest BCUT2D eigenvalue weighted by molar-refractivity contribution is -0.145. The molecule has 0 spiro atoms. The second-order valence-electron chi connectivity index (χ2n) is 7.59. The minimum Gasteiger partial charge on any atom is -0.463 e. The van der Waals surface area contributed by atoms with E-state index in [9.17, 15) is 14.4 Å². The maximum absolute atomic E-state index is 12.6. The third-order valence-electron chi connectivity index (χ3n) is 3.90. The quantitative estimate of drug-likeness (QED) is 0.702. The van der Waals surface area contributed by atoms with Gasteiger partial charge in [0.15, 0.2) is 0 Å². The topological polar surface area (TPSA) is 93.7 Å². The first-order valence-electron chi connectivity index (χ1n) is 8.99. The molecule has 1 unspecified atom stereocenters. The van der Waals surface area contributed by atoms with Gasteiger partial charge in [-0.2, -0.15) is 0 Å². The number of amides is 2. The van der Waals surface area contributed by atoms with E-state index in [4.69, 9.17) is 21.1 Å². The molecule has 1 heterocycles. The van der Waals surface area contributed by atoms with Crippen molar-refractivity contribution in [1.29, 1.82) is 0 Å². The van der Waals surface area contributed by atoms with E-state index in [2.05, 4.69) is 10.6 Å². The Morgan fingerprint density at radius 2 is 1.79 bits per heavy atom. The standard InChI is InChI=1S/C20H25ClN2O5/c1-5-27-18(25)16-14(11-28-15(24)10-20(2,3)4)22-19(26)23-17(16)12-6-8-13(21)9-7-12/h6-9,17H,5,10-11H2,1-4H3,(H2,22,23,26). The van der Waals surface area contributed by atoms with Crippen LogP contribution in [-0.4, -0.2) is 31.2 Å². The highest BCUT2D eigenvalue weighted by Gasteiger charge is 2.34. The van der Waals surface area contributed by atoms with Crippen molar-refractivity contribution in [3.8, 4) is 0 Å². The van der Waals surface area contributed by atoms with Crippen LogP contribution in [0.25, 0.3) is 0 Å². The zero-order valence-corrected chi connectivity index (χ0v) is 17.2. The number of carbonyl (C=O) groups excluding carboxylic acids is 3. The van der Waals surface area contributed by atoms with Gasteiger partial charge in [0.1, 0.15) is 6.61 Å². The molecule has 0 aliphatic carbocycles. The molecule has 0 aromatic heterocycles. The van der Waals surface area contributed by atoms with Gasteiger partial charge in [0.05, 0.1) is 30.3 Å². The minimum absolute atomic E-state index is 0.167. The fourth-order valence-corrected chi connectivity index (χ4v) is 2.85. The van der Waals surface area contributed by atoms with Crippen molar-refractivity contribution >= 4 is 29.6 Å². The highest BCUT2D eigenvalue weighted by atomic mass is 35.5. The van der Waals surface area contributed by atoms with Crippen molar-refractivity contribution in [3.63, 3.8) is 0 Å². The second-order valence-corrected chi connectivity index (χ2v) is 8.03. The zero-order valence-electron chi connectivity index (χ0n) is 16.4. The average molecular weight is 409 g/mol. The lowest BCUT2D eigenvalue weighted by Crippen LogP contribution is -2.47.